The number of hydrogen-bond donors (Lipinski definition) is 3. The summed E-state index contributed by atoms with van der Waals surface area (Å²) in [4.78, 5) is 45.6. The maximum atomic E-state index is 12.5. The molecule has 3 heterocycles. The van der Waals surface area contributed by atoms with Crippen LogP contribution < -0.4 is 21.3 Å². The third kappa shape index (κ3) is 3.73. The number of nitrogens with zero attached hydrogens (tertiary/aromatic N) is 2. The minimum atomic E-state index is -0.584. The number of carbonyl (C=O) groups is 2. The number of aromatic nitrogens is 2. The number of thiazole rings is 1. The average Bonchev–Trinajstić information content (AvgIpc) is 3.22. The third-order valence-corrected chi connectivity index (χ3v) is 5.19. The van der Waals surface area contributed by atoms with Gasteiger partial charge in [-0.15, -0.1) is 11.3 Å². The Labute approximate surface area is 163 Å². The molecule has 28 heavy (non-hydrogen) atoms. The van der Waals surface area contributed by atoms with Crippen molar-refractivity contribution in [1.29, 1.82) is 0 Å². The van der Waals surface area contributed by atoms with Crippen LogP contribution >= 0.6 is 11.3 Å². The Kier molecular flexibility index (Phi) is 5.04. The first-order valence-corrected chi connectivity index (χ1v) is 9.51. The van der Waals surface area contributed by atoms with Crippen molar-refractivity contribution in [1.82, 2.24) is 20.8 Å². The number of fused-ring (bicyclic) bond motifs is 1. The van der Waals surface area contributed by atoms with Gasteiger partial charge >= 0.3 is 0 Å². The molecule has 1 aliphatic rings. The second kappa shape index (κ2) is 7.79. The molecule has 0 spiro atoms. The molecule has 0 aliphatic carbocycles. The fraction of sp³-hybridized carbons (Fsp3) is 0.222. The van der Waals surface area contributed by atoms with E-state index in [4.69, 9.17) is 4.74 Å². The maximum absolute atomic E-state index is 12.5. The largest absolute Gasteiger partial charge is 0.378 e. The van der Waals surface area contributed by atoms with Crippen molar-refractivity contribution in [2.24, 2.45) is 0 Å². The molecule has 4 rings (SSSR count). The Morgan fingerprint density at radius 1 is 1.14 bits per heavy atom. The summed E-state index contributed by atoms with van der Waals surface area (Å²) in [5.41, 5.74) is 5.22. The number of morpholine rings is 1. The Bertz CT molecular complexity index is 1090. The van der Waals surface area contributed by atoms with Crippen molar-refractivity contribution in [2.45, 2.75) is 0 Å². The van der Waals surface area contributed by atoms with Gasteiger partial charge in [-0.05, 0) is 6.07 Å². The summed E-state index contributed by atoms with van der Waals surface area (Å²) in [6.45, 7) is 2.70. The number of carbonyl (C=O) groups excluding carboxylic acids is 2. The van der Waals surface area contributed by atoms with Crippen LogP contribution in [0.1, 0.15) is 20.8 Å². The first-order chi connectivity index (χ1) is 13.6. The fourth-order valence-corrected chi connectivity index (χ4v) is 3.77. The van der Waals surface area contributed by atoms with Crippen LogP contribution in [0.15, 0.2) is 40.5 Å². The first kappa shape index (κ1) is 18.1. The van der Waals surface area contributed by atoms with Gasteiger partial charge in [-0.3, -0.25) is 25.2 Å². The number of hydrazine groups is 1. The van der Waals surface area contributed by atoms with Gasteiger partial charge in [0.05, 0.1) is 18.8 Å². The number of nitrogens with one attached hydrogen (secondary N) is 3. The highest BCUT2D eigenvalue weighted by Gasteiger charge is 2.18. The van der Waals surface area contributed by atoms with E-state index >= 15 is 0 Å². The van der Waals surface area contributed by atoms with Crippen LogP contribution in [0.2, 0.25) is 0 Å². The molecule has 0 saturated carbocycles. The van der Waals surface area contributed by atoms with Crippen LogP contribution in [-0.4, -0.2) is 48.1 Å². The Balaban J connectivity index is 1.45. The van der Waals surface area contributed by atoms with E-state index in [1.54, 1.807) is 29.6 Å². The molecule has 144 valence electrons. The van der Waals surface area contributed by atoms with Crippen LogP contribution in [-0.2, 0) is 4.74 Å². The SMILES string of the molecule is O=C(NNC(=O)c1cc(=O)[nH]c2ccccc12)c1csc(N2CCOCC2)n1. The highest BCUT2D eigenvalue weighted by atomic mass is 32.1. The number of benzene rings is 1. The minimum absolute atomic E-state index is 0.173. The molecule has 3 aromatic rings. The fourth-order valence-electron chi connectivity index (χ4n) is 2.91. The van der Waals surface area contributed by atoms with E-state index in [1.807, 2.05) is 4.90 Å². The van der Waals surface area contributed by atoms with Crippen molar-refractivity contribution in [3.8, 4) is 0 Å². The molecule has 0 atom stereocenters. The van der Waals surface area contributed by atoms with Gasteiger partial charge in [-0.1, -0.05) is 18.2 Å². The molecule has 1 saturated heterocycles. The first-order valence-electron chi connectivity index (χ1n) is 8.63. The molecule has 10 heteroatoms. The predicted octanol–water partition coefficient (Wildman–Crippen LogP) is 0.896. The van der Waals surface area contributed by atoms with E-state index in [1.165, 1.54) is 17.4 Å². The van der Waals surface area contributed by atoms with Crippen molar-refractivity contribution >= 4 is 39.2 Å². The molecule has 0 radical (unpaired) electrons. The number of para-hydroxylation sites is 1. The molecule has 1 aliphatic heterocycles. The van der Waals surface area contributed by atoms with Crippen molar-refractivity contribution < 1.29 is 14.3 Å². The number of aromatic amines is 1. The van der Waals surface area contributed by atoms with E-state index in [9.17, 15) is 14.4 Å². The second-order valence-electron chi connectivity index (χ2n) is 6.12. The van der Waals surface area contributed by atoms with Gasteiger partial charge in [-0.25, -0.2) is 4.98 Å². The smallest absolute Gasteiger partial charge is 0.289 e. The molecule has 1 fully saturated rings. The van der Waals surface area contributed by atoms with Crippen molar-refractivity contribution in [2.75, 3.05) is 31.2 Å². The average molecular weight is 399 g/mol. The topological polar surface area (TPSA) is 116 Å². The quantitative estimate of drug-likeness (QED) is 0.564. The highest BCUT2D eigenvalue weighted by Crippen LogP contribution is 2.21. The summed E-state index contributed by atoms with van der Waals surface area (Å²) in [7, 11) is 0. The molecule has 0 unspecified atom stereocenters. The molecule has 3 N–H and O–H groups in total. The summed E-state index contributed by atoms with van der Waals surface area (Å²) < 4.78 is 5.31. The van der Waals surface area contributed by atoms with E-state index in [0.717, 1.165) is 18.2 Å². The number of rotatable bonds is 3. The van der Waals surface area contributed by atoms with E-state index in [2.05, 4.69) is 20.8 Å². The standard InChI is InChI=1S/C18H17N5O4S/c24-15-9-12(11-3-1-2-4-13(11)19-15)16(25)21-22-17(26)14-10-28-18(20-14)23-5-7-27-8-6-23/h1-4,9-10H,5-8H2,(H,19,24)(H,21,25)(H,22,26). The number of anilines is 1. The number of pyridine rings is 1. The molecule has 1 aromatic carbocycles. The summed E-state index contributed by atoms with van der Waals surface area (Å²) in [5.74, 6) is -1.11. The summed E-state index contributed by atoms with van der Waals surface area (Å²) in [6.07, 6.45) is 0. The molecular formula is C18H17N5O4S. The van der Waals surface area contributed by atoms with E-state index < -0.39 is 17.4 Å². The second-order valence-corrected chi connectivity index (χ2v) is 6.95. The molecule has 2 amide bonds. The zero-order valence-electron chi connectivity index (χ0n) is 14.7. The monoisotopic (exact) mass is 399 g/mol. The lowest BCUT2D eigenvalue weighted by atomic mass is 10.1. The van der Waals surface area contributed by atoms with Crippen LogP contribution in [0, 0.1) is 0 Å². The normalized spacial score (nSPS) is 14.1. The van der Waals surface area contributed by atoms with Gasteiger partial charge in [0.25, 0.3) is 11.8 Å². The van der Waals surface area contributed by atoms with E-state index in [-0.39, 0.29) is 11.3 Å². The lowest BCUT2D eigenvalue weighted by Crippen LogP contribution is -2.42. The van der Waals surface area contributed by atoms with Gasteiger partial charge < -0.3 is 14.6 Å². The lowest BCUT2D eigenvalue weighted by Gasteiger charge is -2.25. The van der Waals surface area contributed by atoms with Gasteiger partial charge in [0.15, 0.2) is 5.13 Å². The number of H-pyrrole nitrogens is 1. The highest BCUT2D eigenvalue weighted by molar-refractivity contribution is 7.13. The molecule has 2 aromatic heterocycles. The van der Waals surface area contributed by atoms with Gasteiger partial charge in [0.1, 0.15) is 5.69 Å². The van der Waals surface area contributed by atoms with Crippen LogP contribution in [0.4, 0.5) is 5.13 Å². The molecule has 0 bridgehead atoms. The predicted molar refractivity (Wildman–Crippen MR) is 105 cm³/mol. The van der Waals surface area contributed by atoms with Crippen LogP contribution in [0.25, 0.3) is 10.9 Å². The summed E-state index contributed by atoms with van der Waals surface area (Å²) >= 11 is 1.36. The molecule has 9 nitrogen and oxygen atoms in total. The maximum Gasteiger partial charge on any atom is 0.289 e. The summed E-state index contributed by atoms with van der Waals surface area (Å²) in [5, 5.41) is 2.95. The van der Waals surface area contributed by atoms with Gasteiger partial charge in [0, 0.05) is 35.4 Å². The number of ether oxygens (including phenoxy) is 1. The summed E-state index contributed by atoms with van der Waals surface area (Å²) in [6, 6.07) is 8.14. The van der Waals surface area contributed by atoms with Crippen molar-refractivity contribution in [3.05, 3.63) is 57.3 Å². The Morgan fingerprint density at radius 2 is 1.89 bits per heavy atom. The Hall–Kier alpha value is -3.24. The van der Waals surface area contributed by atoms with Crippen molar-refractivity contribution in [3.63, 3.8) is 0 Å². The number of hydrogen-bond acceptors (Lipinski definition) is 7. The minimum Gasteiger partial charge on any atom is -0.378 e. The van der Waals surface area contributed by atoms with Crippen LogP contribution in [0.5, 0.6) is 0 Å². The van der Waals surface area contributed by atoms with E-state index in [0.29, 0.717) is 24.1 Å². The zero-order valence-corrected chi connectivity index (χ0v) is 15.5. The lowest BCUT2D eigenvalue weighted by molar-refractivity contribution is 0.0845. The zero-order chi connectivity index (χ0) is 19.5. The molecular weight excluding hydrogens is 382 g/mol. The third-order valence-electron chi connectivity index (χ3n) is 4.29. The van der Waals surface area contributed by atoms with Gasteiger partial charge in [0.2, 0.25) is 5.56 Å². The van der Waals surface area contributed by atoms with Crippen LogP contribution in [0.3, 0.4) is 0 Å². The Morgan fingerprint density at radius 3 is 2.71 bits per heavy atom. The number of amides is 2. The van der Waals surface area contributed by atoms with Gasteiger partial charge in [-0.2, -0.15) is 0 Å².